The smallest absolute Gasteiger partial charge is 0.109 e. The Hall–Kier alpha value is -0.800. The molecule has 68 valence electrons. The lowest BCUT2D eigenvalue weighted by atomic mass is 10.2. The summed E-state index contributed by atoms with van der Waals surface area (Å²) in [5.74, 6) is 0.922. The first-order valence-corrected chi connectivity index (χ1v) is 4.03. The second kappa shape index (κ2) is 4.95. The summed E-state index contributed by atoms with van der Waals surface area (Å²) in [6, 6.07) is 1.90. The third kappa shape index (κ3) is 2.36. The molecule has 0 radical (unpaired) electrons. The Bertz CT molecular complexity index is 217. The number of aliphatic hydroxyl groups is 1. The number of methoxy groups -OCH3 is 1. The standard InChI is InChI=1S/C9H14O3/c1-11-7-8-4-6-12-9(8)3-2-5-10/h4,6,10H,2-3,5,7H2,1H3. The Balaban J connectivity index is 2.51. The predicted molar refractivity (Wildman–Crippen MR) is 44.8 cm³/mol. The van der Waals surface area contributed by atoms with Gasteiger partial charge >= 0.3 is 0 Å². The molecule has 1 aromatic rings. The van der Waals surface area contributed by atoms with Crippen LogP contribution < -0.4 is 0 Å². The molecule has 0 fully saturated rings. The summed E-state index contributed by atoms with van der Waals surface area (Å²) < 4.78 is 10.2. The van der Waals surface area contributed by atoms with E-state index >= 15 is 0 Å². The van der Waals surface area contributed by atoms with Crippen molar-refractivity contribution in [2.45, 2.75) is 19.4 Å². The van der Waals surface area contributed by atoms with E-state index in [0.29, 0.717) is 6.61 Å². The first-order valence-electron chi connectivity index (χ1n) is 4.03. The molecule has 1 rings (SSSR count). The van der Waals surface area contributed by atoms with Gasteiger partial charge in [-0.1, -0.05) is 0 Å². The van der Waals surface area contributed by atoms with Crippen molar-refractivity contribution in [1.29, 1.82) is 0 Å². The van der Waals surface area contributed by atoms with Crippen molar-refractivity contribution in [1.82, 2.24) is 0 Å². The number of rotatable bonds is 5. The van der Waals surface area contributed by atoms with Gasteiger partial charge in [0, 0.05) is 25.7 Å². The fourth-order valence-corrected chi connectivity index (χ4v) is 1.11. The number of hydrogen-bond acceptors (Lipinski definition) is 3. The van der Waals surface area contributed by atoms with E-state index in [2.05, 4.69) is 0 Å². The third-order valence-electron chi connectivity index (χ3n) is 1.70. The van der Waals surface area contributed by atoms with Gasteiger partial charge in [0.1, 0.15) is 5.76 Å². The molecule has 12 heavy (non-hydrogen) atoms. The maximum Gasteiger partial charge on any atom is 0.109 e. The maximum atomic E-state index is 8.61. The quantitative estimate of drug-likeness (QED) is 0.725. The van der Waals surface area contributed by atoms with Gasteiger partial charge in [-0.3, -0.25) is 0 Å². The summed E-state index contributed by atoms with van der Waals surface area (Å²) in [7, 11) is 1.66. The minimum atomic E-state index is 0.202. The summed E-state index contributed by atoms with van der Waals surface area (Å²) in [6.45, 7) is 0.782. The van der Waals surface area contributed by atoms with Crippen LogP contribution in [-0.4, -0.2) is 18.8 Å². The monoisotopic (exact) mass is 170 g/mol. The predicted octanol–water partition coefficient (Wildman–Crippen LogP) is 1.35. The van der Waals surface area contributed by atoms with Crippen LogP contribution in [0.15, 0.2) is 16.7 Å². The van der Waals surface area contributed by atoms with Gasteiger partial charge in [0.15, 0.2) is 0 Å². The molecule has 1 N–H and O–H groups in total. The lowest BCUT2D eigenvalue weighted by Crippen LogP contribution is -1.93. The van der Waals surface area contributed by atoms with E-state index in [1.54, 1.807) is 13.4 Å². The van der Waals surface area contributed by atoms with E-state index in [9.17, 15) is 0 Å². The molecule has 0 spiro atoms. The Labute approximate surface area is 72.0 Å². The van der Waals surface area contributed by atoms with E-state index in [0.717, 1.165) is 24.2 Å². The number of aliphatic hydroxyl groups excluding tert-OH is 1. The van der Waals surface area contributed by atoms with Crippen LogP contribution in [0.3, 0.4) is 0 Å². The van der Waals surface area contributed by atoms with Crippen LogP contribution in [0.2, 0.25) is 0 Å². The molecule has 1 heterocycles. The SMILES string of the molecule is COCc1ccoc1CCCO. The molecular formula is C9H14O3. The van der Waals surface area contributed by atoms with Crippen LogP contribution in [0.25, 0.3) is 0 Å². The zero-order valence-corrected chi connectivity index (χ0v) is 7.25. The minimum Gasteiger partial charge on any atom is -0.469 e. The highest BCUT2D eigenvalue weighted by Crippen LogP contribution is 2.13. The van der Waals surface area contributed by atoms with E-state index in [-0.39, 0.29) is 6.61 Å². The average molecular weight is 170 g/mol. The molecule has 0 aliphatic rings. The van der Waals surface area contributed by atoms with Crippen molar-refractivity contribution in [2.24, 2.45) is 0 Å². The van der Waals surface area contributed by atoms with Crippen LogP contribution in [0, 0.1) is 0 Å². The Morgan fingerprint density at radius 1 is 1.58 bits per heavy atom. The van der Waals surface area contributed by atoms with Gasteiger partial charge in [-0.25, -0.2) is 0 Å². The zero-order chi connectivity index (χ0) is 8.81. The second-order valence-corrected chi connectivity index (χ2v) is 2.63. The maximum absolute atomic E-state index is 8.61. The molecule has 3 nitrogen and oxygen atoms in total. The van der Waals surface area contributed by atoms with Crippen LogP contribution in [-0.2, 0) is 17.8 Å². The van der Waals surface area contributed by atoms with Crippen LogP contribution in [0.4, 0.5) is 0 Å². The molecular weight excluding hydrogens is 156 g/mol. The van der Waals surface area contributed by atoms with Gasteiger partial charge in [-0.05, 0) is 12.5 Å². The largest absolute Gasteiger partial charge is 0.469 e. The van der Waals surface area contributed by atoms with Crippen molar-refractivity contribution in [2.75, 3.05) is 13.7 Å². The zero-order valence-electron chi connectivity index (χ0n) is 7.25. The second-order valence-electron chi connectivity index (χ2n) is 2.63. The summed E-state index contributed by atoms with van der Waals surface area (Å²) in [6.07, 6.45) is 3.17. The van der Waals surface area contributed by atoms with Crippen LogP contribution in [0.5, 0.6) is 0 Å². The lowest BCUT2D eigenvalue weighted by Gasteiger charge is -1.99. The Morgan fingerprint density at radius 2 is 2.42 bits per heavy atom. The fraction of sp³-hybridized carbons (Fsp3) is 0.556. The number of aryl methyl sites for hydroxylation is 1. The number of hydrogen-bond donors (Lipinski definition) is 1. The van der Waals surface area contributed by atoms with Crippen molar-refractivity contribution < 1.29 is 14.3 Å². The summed E-state index contributed by atoms with van der Waals surface area (Å²) in [4.78, 5) is 0. The molecule has 0 saturated heterocycles. The Kier molecular flexibility index (Phi) is 3.84. The molecule has 1 aromatic heterocycles. The highest BCUT2D eigenvalue weighted by atomic mass is 16.5. The molecule has 0 amide bonds. The minimum absolute atomic E-state index is 0.202. The number of ether oxygens (including phenoxy) is 1. The van der Waals surface area contributed by atoms with Crippen molar-refractivity contribution in [3.05, 3.63) is 23.7 Å². The summed E-state index contributed by atoms with van der Waals surface area (Å²) >= 11 is 0. The van der Waals surface area contributed by atoms with Gasteiger partial charge in [0.25, 0.3) is 0 Å². The van der Waals surface area contributed by atoms with Gasteiger partial charge in [0.2, 0.25) is 0 Å². The molecule has 0 atom stereocenters. The molecule has 0 unspecified atom stereocenters. The van der Waals surface area contributed by atoms with Gasteiger partial charge in [-0.15, -0.1) is 0 Å². The lowest BCUT2D eigenvalue weighted by molar-refractivity contribution is 0.182. The normalized spacial score (nSPS) is 10.5. The highest BCUT2D eigenvalue weighted by Gasteiger charge is 2.04. The molecule has 0 bridgehead atoms. The summed E-state index contributed by atoms with van der Waals surface area (Å²) in [5.41, 5.74) is 1.07. The molecule has 0 aliphatic carbocycles. The van der Waals surface area contributed by atoms with Gasteiger partial charge in [0.05, 0.1) is 12.9 Å². The Morgan fingerprint density at radius 3 is 3.08 bits per heavy atom. The molecule has 0 aliphatic heterocycles. The van der Waals surface area contributed by atoms with Crippen LogP contribution >= 0.6 is 0 Å². The summed E-state index contributed by atoms with van der Waals surface area (Å²) in [5, 5.41) is 8.61. The van der Waals surface area contributed by atoms with Gasteiger partial charge < -0.3 is 14.3 Å². The molecule has 0 aromatic carbocycles. The number of furan rings is 1. The van der Waals surface area contributed by atoms with Gasteiger partial charge in [-0.2, -0.15) is 0 Å². The molecule has 3 heteroatoms. The van der Waals surface area contributed by atoms with Crippen LogP contribution in [0.1, 0.15) is 17.7 Å². The first-order chi connectivity index (χ1) is 5.88. The van der Waals surface area contributed by atoms with E-state index in [1.165, 1.54) is 0 Å². The average Bonchev–Trinajstić information content (AvgIpc) is 2.50. The topological polar surface area (TPSA) is 42.6 Å². The van der Waals surface area contributed by atoms with E-state index in [1.807, 2.05) is 6.07 Å². The van der Waals surface area contributed by atoms with E-state index < -0.39 is 0 Å². The van der Waals surface area contributed by atoms with E-state index in [4.69, 9.17) is 14.3 Å². The fourth-order valence-electron chi connectivity index (χ4n) is 1.11. The van der Waals surface area contributed by atoms with Crippen molar-refractivity contribution >= 4 is 0 Å². The molecule has 0 saturated carbocycles. The first kappa shape index (κ1) is 9.29. The third-order valence-corrected chi connectivity index (χ3v) is 1.70. The highest BCUT2D eigenvalue weighted by molar-refractivity contribution is 5.15. The van der Waals surface area contributed by atoms with Crippen molar-refractivity contribution in [3.63, 3.8) is 0 Å². The van der Waals surface area contributed by atoms with Crippen molar-refractivity contribution in [3.8, 4) is 0 Å².